The van der Waals surface area contributed by atoms with E-state index in [0.29, 0.717) is 25.2 Å². The minimum absolute atomic E-state index is 0.0209. The number of anilines is 1. The number of carbonyl (C=O) groups is 3. The maximum atomic E-state index is 14.5. The molecule has 1 N–H and O–H groups in total. The third-order valence-corrected chi connectivity index (χ3v) is 19.0. The number of ether oxygens (including phenoxy) is 1. The molecule has 0 spiro atoms. The van der Waals surface area contributed by atoms with Gasteiger partial charge < -0.3 is 4.74 Å². The molecule has 1 heterocycles. The quantitative estimate of drug-likeness (QED) is 0.149. The van der Waals surface area contributed by atoms with Crippen LogP contribution in [0.2, 0.25) is 0 Å². The summed E-state index contributed by atoms with van der Waals surface area (Å²) in [5, 5.41) is 2.79. The molecule has 2 amide bonds. The molecule has 1 fully saturated rings. The van der Waals surface area contributed by atoms with E-state index in [1.807, 2.05) is 47.4 Å². The number of carbonyl (C=O) groups excluding carboxylic acids is 3. The van der Waals surface area contributed by atoms with E-state index < -0.39 is 16.9 Å². The zero-order chi connectivity index (χ0) is 32.1. The van der Waals surface area contributed by atoms with Crippen LogP contribution in [-0.4, -0.2) is 40.5 Å². The van der Waals surface area contributed by atoms with E-state index in [1.165, 1.54) is 0 Å². The van der Waals surface area contributed by atoms with Gasteiger partial charge in [-0.05, 0) is 20.8 Å². The second kappa shape index (κ2) is 13.3. The van der Waals surface area contributed by atoms with Crippen LogP contribution in [0.5, 0.6) is 0 Å². The van der Waals surface area contributed by atoms with Crippen LogP contribution < -0.4 is 21.2 Å². The molecule has 1 aliphatic heterocycles. The van der Waals surface area contributed by atoms with E-state index in [2.05, 4.69) is 93.6 Å². The van der Waals surface area contributed by atoms with Crippen LogP contribution in [0.25, 0.3) is 0 Å². The molecule has 0 aliphatic carbocycles. The van der Waals surface area contributed by atoms with Gasteiger partial charge in [-0.2, -0.15) is 0 Å². The number of nitrogens with one attached hydrogen (secondary N) is 1. The number of hydrogen-bond donors (Lipinski definition) is 1. The molecule has 1 unspecified atom stereocenters. The number of nitrogens with zero attached hydrogens (tertiary/aromatic N) is 1. The van der Waals surface area contributed by atoms with Crippen LogP contribution in [0.15, 0.2) is 115 Å². The molecular weight excluding hydrogens is 647 g/mol. The summed E-state index contributed by atoms with van der Waals surface area (Å²) in [5.41, 5.74) is 0.751. The molecule has 45 heavy (non-hydrogen) atoms. The van der Waals surface area contributed by atoms with Crippen LogP contribution in [-0.2, 0) is 25.7 Å². The number of hydrogen-bond acceptors (Lipinski definition) is 4. The summed E-state index contributed by atoms with van der Waals surface area (Å²) in [7, 11) is 0. The summed E-state index contributed by atoms with van der Waals surface area (Å²) >= 11 is 4.48. The Labute approximate surface area is 273 Å². The minimum atomic E-state index is -3.46. The third-order valence-electron chi connectivity index (χ3n) is 8.22. The van der Waals surface area contributed by atoms with Crippen molar-refractivity contribution < 1.29 is 19.1 Å². The van der Waals surface area contributed by atoms with Crippen molar-refractivity contribution in [3.8, 4) is 0 Å². The molecule has 4 aromatic rings. The average Bonchev–Trinajstić information content (AvgIpc) is 3.41. The molecular formula is C37H40BrN2O4P. The van der Waals surface area contributed by atoms with Crippen molar-refractivity contribution in [3.63, 3.8) is 0 Å². The van der Waals surface area contributed by atoms with E-state index >= 15 is 0 Å². The normalized spacial score (nSPS) is 16.1. The zero-order valence-corrected chi connectivity index (χ0v) is 28.5. The van der Waals surface area contributed by atoms with Gasteiger partial charge in [-0.1, -0.05) is 0 Å². The van der Waals surface area contributed by atoms with Gasteiger partial charge in [0.25, 0.3) is 0 Å². The molecule has 0 saturated carbocycles. The summed E-state index contributed by atoms with van der Waals surface area (Å²) in [6.45, 7) is 6.51. The summed E-state index contributed by atoms with van der Waals surface area (Å²) in [6, 6.07) is 38.9. The van der Waals surface area contributed by atoms with Gasteiger partial charge in [-0.15, -0.1) is 0 Å². The zero-order valence-electron chi connectivity index (χ0n) is 26.0. The summed E-state index contributed by atoms with van der Waals surface area (Å²) in [6.07, 6.45) is 0.780. The number of likely N-dealkylation sites (tertiary alicyclic amines) is 1. The molecule has 8 heteroatoms. The Balaban J connectivity index is 1.36. The number of amides is 2. The first kappa shape index (κ1) is 32.6. The predicted octanol–water partition coefficient (Wildman–Crippen LogP) is 6.69. The van der Waals surface area contributed by atoms with E-state index in [9.17, 15) is 14.4 Å². The van der Waals surface area contributed by atoms with Crippen LogP contribution in [0, 0.1) is 0 Å². The molecule has 0 radical (unpaired) electrons. The first-order valence-electron chi connectivity index (χ1n) is 15.3. The first-order valence-corrected chi connectivity index (χ1v) is 19.6. The van der Waals surface area contributed by atoms with E-state index in [4.69, 9.17) is 4.74 Å². The predicted molar refractivity (Wildman–Crippen MR) is 188 cm³/mol. The monoisotopic (exact) mass is 686 g/mol. The van der Waals surface area contributed by atoms with Gasteiger partial charge in [-0.3, -0.25) is 4.79 Å². The molecule has 1 atom stereocenters. The fourth-order valence-electron chi connectivity index (χ4n) is 6.22. The van der Waals surface area contributed by atoms with E-state index in [0.717, 1.165) is 21.5 Å². The van der Waals surface area contributed by atoms with Gasteiger partial charge in [0, 0.05) is 0 Å². The van der Waals surface area contributed by atoms with Crippen molar-refractivity contribution in [2.24, 2.45) is 0 Å². The molecule has 234 valence electrons. The summed E-state index contributed by atoms with van der Waals surface area (Å²) < 4.78 is 5.28. The van der Waals surface area contributed by atoms with E-state index in [-0.39, 0.29) is 30.3 Å². The molecule has 0 aromatic heterocycles. The van der Waals surface area contributed by atoms with Crippen molar-refractivity contribution in [1.82, 2.24) is 4.90 Å². The fraction of sp³-hybridized carbons (Fsp3) is 0.270. The van der Waals surface area contributed by atoms with Gasteiger partial charge in [0.1, 0.15) is 5.60 Å². The Morgan fingerprint density at radius 1 is 0.800 bits per heavy atom. The van der Waals surface area contributed by atoms with Gasteiger partial charge in [0.2, 0.25) is 0 Å². The summed E-state index contributed by atoms with van der Waals surface area (Å²) in [4.78, 5) is 40.9. The second-order valence-electron chi connectivity index (χ2n) is 12.5. The molecule has 1 aliphatic rings. The van der Waals surface area contributed by atoms with Crippen LogP contribution in [0.1, 0.15) is 45.6 Å². The molecule has 5 rings (SSSR count). The fourth-order valence-corrected chi connectivity index (χ4v) is 14.9. The second-order valence-corrected chi connectivity index (χ2v) is 21.2. The Bertz CT molecular complexity index is 1540. The SMILES string of the molecule is CC(C)(C)OC(=O)CCC(=O)Nc1ccc(CN2CCC(P(Br)(c3ccccc3)(c3ccccc3)c3ccccc3)C2=O)cc1. The number of esters is 1. The van der Waals surface area contributed by atoms with Crippen LogP contribution in [0.4, 0.5) is 5.69 Å². The Morgan fingerprint density at radius 2 is 1.29 bits per heavy atom. The molecule has 6 nitrogen and oxygen atoms in total. The number of rotatable bonds is 10. The van der Waals surface area contributed by atoms with E-state index in [1.54, 1.807) is 20.8 Å². The van der Waals surface area contributed by atoms with Crippen LogP contribution >= 0.6 is 20.8 Å². The standard InChI is InChI=1S/C37H40BrN2O4P/c1-37(2,3)44-35(42)24-23-34(41)39-29-21-19-28(20-22-29)27-40-26-25-33(36(40)43)45(38,30-13-7-4-8-14-30,31-15-9-5-10-16-31)32-17-11-6-12-18-32/h4-22,33H,23-27H2,1-3H3,(H,39,41). The Hall–Kier alpha value is -3.80. The maximum absolute atomic E-state index is 14.5. The van der Waals surface area contributed by atoms with Gasteiger partial charge in [-0.25, -0.2) is 0 Å². The van der Waals surface area contributed by atoms with Crippen molar-refractivity contribution in [2.75, 3.05) is 11.9 Å². The Kier molecular flexibility index (Phi) is 9.62. The first-order chi connectivity index (χ1) is 21.5. The number of halogens is 1. The van der Waals surface area contributed by atoms with Crippen molar-refractivity contribution in [2.45, 2.75) is 57.8 Å². The van der Waals surface area contributed by atoms with Crippen molar-refractivity contribution in [1.29, 1.82) is 0 Å². The average molecular weight is 688 g/mol. The van der Waals surface area contributed by atoms with Crippen molar-refractivity contribution in [3.05, 3.63) is 121 Å². The number of benzene rings is 4. The molecule has 0 bridgehead atoms. The van der Waals surface area contributed by atoms with Gasteiger partial charge >= 0.3 is 239 Å². The van der Waals surface area contributed by atoms with Crippen molar-refractivity contribution >= 4 is 60.2 Å². The third kappa shape index (κ3) is 6.75. The topological polar surface area (TPSA) is 75.7 Å². The summed E-state index contributed by atoms with van der Waals surface area (Å²) in [5.74, 6) is -0.524. The van der Waals surface area contributed by atoms with Gasteiger partial charge in [0.15, 0.2) is 0 Å². The molecule has 4 aromatic carbocycles. The van der Waals surface area contributed by atoms with Crippen LogP contribution in [0.3, 0.4) is 0 Å². The Morgan fingerprint density at radius 3 is 1.76 bits per heavy atom. The molecule has 1 saturated heterocycles. The van der Waals surface area contributed by atoms with Gasteiger partial charge in [0.05, 0.1) is 0 Å².